The molecule has 2 amide bonds. The summed E-state index contributed by atoms with van der Waals surface area (Å²) in [5, 5.41) is 5.40. The van der Waals surface area contributed by atoms with Crippen molar-refractivity contribution >= 4 is 11.8 Å². The molecule has 1 aliphatic carbocycles. The maximum atomic E-state index is 11.5. The van der Waals surface area contributed by atoms with E-state index in [1.54, 1.807) is 0 Å². The molecule has 5 nitrogen and oxygen atoms in total. The molecule has 1 fully saturated rings. The summed E-state index contributed by atoms with van der Waals surface area (Å²) >= 11 is 0. The Morgan fingerprint density at radius 3 is 2.41 bits per heavy atom. The second-order valence-electron chi connectivity index (χ2n) is 4.87. The molecule has 1 rings (SSSR count). The van der Waals surface area contributed by atoms with Gasteiger partial charge in [0.1, 0.15) is 0 Å². The van der Waals surface area contributed by atoms with Gasteiger partial charge in [-0.25, -0.2) is 0 Å². The van der Waals surface area contributed by atoms with E-state index in [1.165, 1.54) is 0 Å². The molecule has 5 heteroatoms. The lowest BCUT2D eigenvalue weighted by molar-refractivity contribution is -0.139. The van der Waals surface area contributed by atoms with Gasteiger partial charge in [0, 0.05) is 12.6 Å². The van der Waals surface area contributed by atoms with Gasteiger partial charge in [0.15, 0.2) is 0 Å². The summed E-state index contributed by atoms with van der Waals surface area (Å²) in [4.78, 5) is 25.0. The molecular weight excluding hydrogens is 218 g/mol. The fourth-order valence-electron chi connectivity index (χ4n) is 2.00. The van der Waals surface area contributed by atoms with Crippen molar-refractivity contribution in [2.45, 2.75) is 38.1 Å². The van der Waals surface area contributed by atoms with E-state index in [4.69, 9.17) is 0 Å². The van der Waals surface area contributed by atoms with Gasteiger partial charge in [0.05, 0.1) is 0 Å². The SMILES string of the molecule is CN(C)CCCNC(=O)C(=O)NC1CCCC1. The van der Waals surface area contributed by atoms with Gasteiger partial charge < -0.3 is 15.5 Å². The van der Waals surface area contributed by atoms with Crippen LogP contribution in [0.25, 0.3) is 0 Å². The number of amides is 2. The maximum absolute atomic E-state index is 11.5. The summed E-state index contributed by atoms with van der Waals surface area (Å²) < 4.78 is 0. The summed E-state index contributed by atoms with van der Waals surface area (Å²) in [5.41, 5.74) is 0. The quantitative estimate of drug-likeness (QED) is 0.530. The Kier molecular flexibility index (Phi) is 5.97. The van der Waals surface area contributed by atoms with Gasteiger partial charge in [-0.2, -0.15) is 0 Å². The zero-order chi connectivity index (χ0) is 12.7. The molecule has 98 valence electrons. The Morgan fingerprint density at radius 2 is 1.82 bits per heavy atom. The van der Waals surface area contributed by atoms with Gasteiger partial charge in [-0.3, -0.25) is 9.59 Å². The first-order valence-electron chi connectivity index (χ1n) is 6.33. The Hall–Kier alpha value is -1.10. The van der Waals surface area contributed by atoms with E-state index in [2.05, 4.69) is 10.6 Å². The number of nitrogens with one attached hydrogen (secondary N) is 2. The molecule has 0 saturated heterocycles. The fourth-order valence-corrected chi connectivity index (χ4v) is 2.00. The Labute approximate surface area is 103 Å². The molecule has 0 radical (unpaired) electrons. The third-order valence-corrected chi connectivity index (χ3v) is 2.96. The summed E-state index contributed by atoms with van der Waals surface area (Å²) in [5.74, 6) is -0.989. The molecule has 0 unspecified atom stereocenters. The van der Waals surface area contributed by atoms with E-state index < -0.39 is 11.8 Å². The number of carbonyl (C=O) groups excluding carboxylic acids is 2. The molecule has 0 aromatic carbocycles. The average molecular weight is 241 g/mol. The molecule has 0 aromatic rings. The first kappa shape index (κ1) is 14.0. The van der Waals surface area contributed by atoms with Crippen molar-refractivity contribution in [3.05, 3.63) is 0 Å². The molecule has 1 aliphatic rings. The van der Waals surface area contributed by atoms with Crippen molar-refractivity contribution in [2.24, 2.45) is 0 Å². The van der Waals surface area contributed by atoms with Gasteiger partial charge in [0.25, 0.3) is 0 Å². The van der Waals surface area contributed by atoms with Crippen LogP contribution >= 0.6 is 0 Å². The fraction of sp³-hybridized carbons (Fsp3) is 0.833. The van der Waals surface area contributed by atoms with Crippen LogP contribution in [-0.2, 0) is 9.59 Å². The van der Waals surface area contributed by atoms with Crippen molar-refractivity contribution in [2.75, 3.05) is 27.2 Å². The predicted octanol–water partition coefficient (Wildman–Crippen LogP) is 0.113. The second kappa shape index (κ2) is 7.27. The minimum atomic E-state index is -0.504. The molecule has 0 bridgehead atoms. The molecule has 1 saturated carbocycles. The zero-order valence-corrected chi connectivity index (χ0v) is 10.8. The largest absolute Gasteiger partial charge is 0.348 e. The number of hydrogen-bond acceptors (Lipinski definition) is 3. The maximum Gasteiger partial charge on any atom is 0.309 e. The topological polar surface area (TPSA) is 61.4 Å². The summed E-state index contributed by atoms with van der Waals surface area (Å²) in [6.45, 7) is 1.46. The summed E-state index contributed by atoms with van der Waals surface area (Å²) in [6, 6.07) is 0.204. The molecule has 0 spiro atoms. The molecule has 17 heavy (non-hydrogen) atoms. The molecule has 2 N–H and O–H groups in total. The van der Waals surface area contributed by atoms with Gasteiger partial charge in [-0.1, -0.05) is 12.8 Å². The molecule has 0 heterocycles. The minimum absolute atomic E-state index is 0.204. The van der Waals surface area contributed by atoms with E-state index in [1.807, 2.05) is 19.0 Å². The molecular formula is C12H23N3O2. The van der Waals surface area contributed by atoms with Crippen LogP contribution in [0.4, 0.5) is 0 Å². The van der Waals surface area contributed by atoms with Crippen LogP contribution in [0, 0.1) is 0 Å². The van der Waals surface area contributed by atoms with E-state index in [-0.39, 0.29) is 6.04 Å². The lowest BCUT2D eigenvalue weighted by atomic mass is 10.2. The van der Waals surface area contributed by atoms with Crippen molar-refractivity contribution in [3.8, 4) is 0 Å². The van der Waals surface area contributed by atoms with Crippen LogP contribution in [0.3, 0.4) is 0 Å². The van der Waals surface area contributed by atoms with Crippen LogP contribution in [0.5, 0.6) is 0 Å². The monoisotopic (exact) mass is 241 g/mol. The van der Waals surface area contributed by atoms with Crippen LogP contribution in [-0.4, -0.2) is 49.9 Å². The van der Waals surface area contributed by atoms with E-state index in [0.717, 1.165) is 38.6 Å². The Bertz CT molecular complexity index is 260. The Balaban J connectivity index is 2.11. The van der Waals surface area contributed by atoms with Crippen LogP contribution < -0.4 is 10.6 Å². The predicted molar refractivity (Wildman–Crippen MR) is 66.6 cm³/mol. The van der Waals surface area contributed by atoms with Crippen molar-refractivity contribution < 1.29 is 9.59 Å². The van der Waals surface area contributed by atoms with Gasteiger partial charge in [-0.15, -0.1) is 0 Å². The number of hydrogen-bond donors (Lipinski definition) is 2. The van der Waals surface area contributed by atoms with Crippen molar-refractivity contribution in [1.29, 1.82) is 0 Å². The zero-order valence-electron chi connectivity index (χ0n) is 10.8. The van der Waals surface area contributed by atoms with Crippen LogP contribution in [0.1, 0.15) is 32.1 Å². The molecule has 0 aromatic heterocycles. The highest BCUT2D eigenvalue weighted by molar-refractivity contribution is 6.35. The highest BCUT2D eigenvalue weighted by Crippen LogP contribution is 2.17. The number of carbonyl (C=O) groups is 2. The Morgan fingerprint density at radius 1 is 1.18 bits per heavy atom. The van der Waals surface area contributed by atoms with Crippen molar-refractivity contribution in [3.63, 3.8) is 0 Å². The molecule has 0 aliphatic heterocycles. The second-order valence-corrected chi connectivity index (χ2v) is 4.87. The lowest BCUT2D eigenvalue weighted by Crippen LogP contribution is -2.44. The number of rotatable bonds is 5. The van der Waals surface area contributed by atoms with Crippen LogP contribution in [0.15, 0.2) is 0 Å². The highest BCUT2D eigenvalue weighted by Gasteiger charge is 2.20. The normalized spacial score (nSPS) is 16.2. The lowest BCUT2D eigenvalue weighted by Gasteiger charge is -2.12. The summed E-state index contributed by atoms with van der Waals surface area (Å²) in [6.07, 6.45) is 5.15. The molecule has 0 atom stereocenters. The first-order chi connectivity index (χ1) is 8.09. The average Bonchev–Trinajstić information content (AvgIpc) is 2.76. The van der Waals surface area contributed by atoms with Crippen molar-refractivity contribution in [1.82, 2.24) is 15.5 Å². The number of nitrogens with zero attached hydrogens (tertiary/aromatic N) is 1. The van der Waals surface area contributed by atoms with Crippen LogP contribution in [0.2, 0.25) is 0 Å². The van der Waals surface area contributed by atoms with Gasteiger partial charge >= 0.3 is 11.8 Å². The standard InChI is InChI=1S/C12H23N3O2/c1-15(2)9-5-8-13-11(16)12(17)14-10-6-3-4-7-10/h10H,3-9H2,1-2H3,(H,13,16)(H,14,17). The third kappa shape index (κ3) is 5.68. The highest BCUT2D eigenvalue weighted by atomic mass is 16.2. The van der Waals surface area contributed by atoms with E-state index >= 15 is 0 Å². The van der Waals surface area contributed by atoms with Gasteiger partial charge in [0.2, 0.25) is 0 Å². The smallest absolute Gasteiger partial charge is 0.309 e. The van der Waals surface area contributed by atoms with Gasteiger partial charge in [-0.05, 0) is 39.9 Å². The van der Waals surface area contributed by atoms with E-state index in [0.29, 0.717) is 6.54 Å². The summed E-state index contributed by atoms with van der Waals surface area (Å²) in [7, 11) is 3.96. The van der Waals surface area contributed by atoms with E-state index in [9.17, 15) is 9.59 Å². The minimum Gasteiger partial charge on any atom is -0.348 e. The third-order valence-electron chi connectivity index (χ3n) is 2.96. The first-order valence-corrected chi connectivity index (χ1v) is 6.33.